The van der Waals surface area contributed by atoms with Crippen LogP contribution in [0.2, 0.25) is 0 Å². The van der Waals surface area contributed by atoms with Gasteiger partial charge in [0.15, 0.2) is 0 Å². The minimum atomic E-state index is -3.55. The lowest BCUT2D eigenvalue weighted by atomic mass is 9.99. The van der Waals surface area contributed by atoms with Gasteiger partial charge in [0.05, 0.1) is 18.5 Å². The Morgan fingerprint density at radius 3 is 2.23 bits per heavy atom. The minimum Gasteiger partial charge on any atom is -0.352 e. The van der Waals surface area contributed by atoms with Gasteiger partial charge in [-0.15, -0.1) is 0 Å². The third-order valence-electron chi connectivity index (χ3n) is 5.15. The van der Waals surface area contributed by atoms with Crippen molar-refractivity contribution in [1.82, 2.24) is 5.32 Å². The first-order chi connectivity index (χ1) is 14.2. The van der Waals surface area contributed by atoms with Crippen LogP contribution in [0.3, 0.4) is 0 Å². The van der Waals surface area contributed by atoms with Crippen LogP contribution in [-0.4, -0.2) is 27.1 Å². The Labute approximate surface area is 179 Å². The van der Waals surface area contributed by atoms with Crippen LogP contribution in [0, 0.1) is 11.7 Å². The normalized spacial score (nSPS) is 12.4. The summed E-state index contributed by atoms with van der Waals surface area (Å²) in [6.07, 6.45) is 5.53. The number of nitrogens with zero attached hydrogens (tertiary/aromatic N) is 1. The van der Waals surface area contributed by atoms with Gasteiger partial charge in [-0.25, -0.2) is 12.8 Å². The second-order valence-corrected chi connectivity index (χ2v) is 9.48. The van der Waals surface area contributed by atoms with Gasteiger partial charge < -0.3 is 5.32 Å². The monoisotopic (exact) mass is 434 g/mol. The highest BCUT2D eigenvalue weighted by Gasteiger charge is 2.19. The highest BCUT2D eigenvalue weighted by molar-refractivity contribution is 7.92. The van der Waals surface area contributed by atoms with Gasteiger partial charge in [0, 0.05) is 12.1 Å². The fourth-order valence-corrected chi connectivity index (χ4v) is 4.11. The van der Waals surface area contributed by atoms with Crippen LogP contribution in [0.25, 0.3) is 0 Å². The average molecular weight is 435 g/mol. The number of sulfonamides is 1. The highest BCUT2D eigenvalue weighted by Crippen LogP contribution is 2.21. The highest BCUT2D eigenvalue weighted by atomic mass is 32.2. The van der Waals surface area contributed by atoms with Crippen LogP contribution in [0.15, 0.2) is 48.5 Å². The SMILES string of the molecule is CCCC[C@H](CC)CNC(=O)c1ccc(N(Cc2ccc(F)cc2)S(C)(=O)=O)cc1. The van der Waals surface area contributed by atoms with Crippen molar-refractivity contribution in [1.29, 1.82) is 0 Å². The second-order valence-electron chi connectivity index (χ2n) is 7.57. The molecular formula is C23H31FN2O3S. The van der Waals surface area contributed by atoms with E-state index in [0.29, 0.717) is 29.3 Å². The van der Waals surface area contributed by atoms with E-state index in [0.717, 1.165) is 31.9 Å². The number of carbonyl (C=O) groups excluding carboxylic acids is 1. The number of hydrogen-bond acceptors (Lipinski definition) is 3. The van der Waals surface area contributed by atoms with Crippen molar-refractivity contribution < 1.29 is 17.6 Å². The molecule has 0 spiro atoms. The molecule has 0 aliphatic rings. The minimum absolute atomic E-state index is 0.0836. The number of benzene rings is 2. The van der Waals surface area contributed by atoms with E-state index >= 15 is 0 Å². The Bertz CT molecular complexity index is 912. The third-order valence-corrected chi connectivity index (χ3v) is 6.29. The molecule has 0 fully saturated rings. The van der Waals surface area contributed by atoms with E-state index in [1.54, 1.807) is 36.4 Å². The van der Waals surface area contributed by atoms with E-state index in [9.17, 15) is 17.6 Å². The lowest BCUT2D eigenvalue weighted by molar-refractivity contribution is 0.0946. The first-order valence-electron chi connectivity index (χ1n) is 10.3. The average Bonchev–Trinajstić information content (AvgIpc) is 2.72. The lowest BCUT2D eigenvalue weighted by Crippen LogP contribution is -2.30. The van der Waals surface area contributed by atoms with Gasteiger partial charge in [0.25, 0.3) is 5.91 Å². The molecule has 0 bridgehead atoms. The Balaban J connectivity index is 2.08. The van der Waals surface area contributed by atoms with Gasteiger partial charge in [-0.1, -0.05) is 45.2 Å². The summed E-state index contributed by atoms with van der Waals surface area (Å²) in [4.78, 5) is 12.5. The van der Waals surface area contributed by atoms with Crippen LogP contribution in [0.1, 0.15) is 55.5 Å². The predicted molar refractivity (Wildman–Crippen MR) is 120 cm³/mol. The molecule has 0 aliphatic carbocycles. The molecule has 1 atom stereocenters. The quantitative estimate of drug-likeness (QED) is 0.556. The van der Waals surface area contributed by atoms with Gasteiger partial charge in [-0.2, -0.15) is 0 Å². The summed E-state index contributed by atoms with van der Waals surface area (Å²) < 4.78 is 38.9. The molecular weight excluding hydrogens is 403 g/mol. The summed E-state index contributed by atoms with van der Waals surface area (Å²) in [5.74, 6) is -0.0782. The van der Waals surface area contributed by atoms with Crippen LogP contribution in [-0.2, 0) is 16.6 Å². The first kappa shape index (κ1) is 23.9. The van der Waals surface area contributed by atoms with Gasteiger partial charge in [-0.05, 0) is 54.3 Å². The summed E-state index contributed by atoms with van der Waals surface area (Å²) in [6.45, 7) is 5.00. The van der Waals surface area contributed by atoms with Crippen molar-refractivity contribution >= 4 is 21.6 Å². The molecule has 0 radical (unpaired) electrons. The molecule has 30 heavy (non-hydrogen) atoms. The number of hydrogen-bond donors (Lipinski definition) is 1. The smallest absolute Gasteiger partial charge is 0.251 e. The maximum absolute atomic E-state index is 13.1. The summed E-state index contributed by atoms with van der Waals surface area (Å²) in [5.41, 5.74) is 1.61. The molecule has 1 amide bonds. The van der Waals surface area contributed by atoms with E-state index in [1.807, 2.05) is 0 Å². The van der Waals surface area contributed by atoms with Crippen molar-refractivity contribution in [2.45, 2.75) is 46.1 Å². The molecule has 2 aromatic rings. The number of amides is 1. The number of nitrogens with one attached hydrogen (secondary N) is 1. The summed E-state index contributed by atoms with van der Waals surface area (Å²) in [5, 5.41) is 2.98. The molecule has 0 heterocycles. The fourth-order valence-electron chi connectivity index (χ4n) is 3.22. The second kappa shape index (κ2) is 11.1. The summed E-state index contributed by atoms with van der Waals surface area (Å²) >= 11 is 0. The summed E-state index contributed by atoms with van der Waals surface area (Å²) in [7, 11) is -3.55. The largest absolute Gasteiger partial charge is 0.352 e. The molecule has 0 saturated carbocycles. The maximum Gasteiger partial charge on any atom is 0.251 e. The standard InChI is InChI=1S/C23H31FN2O3S/c1-4-6-7-18(5-2)16-25-23(27)20-10-14-22(15-11-20)26(30(3,28)29)17-19-8-12-21(24)13-9-19/h8-15,18H,4-7,16-17H2,1-3H3,(H,25,27)/t18-/m0/s1. The zero-order valence-electron chi connectivity index (χ0n) is 17.9. The van der Waals surface area contributed by atoms with Gasteiger partial charge in [0.1, 0.15) is 5.82 Å². The molecule has 5 nitrogen and oxygen atoms in total. The number of carbonyl (C=O) groups is 1. The van der Waals surface area contributed by atoms with E-state index < -0.39 is 10.0 Å². The topological polar surface area (TPSA) is 66.5 Å². The maximum atomic E-state index is 13.1. The summed E-state index contributed by atoms with van der Waals surface area (Å²) in [6, 6.07) is 12.2. The van der Waals surface area contributed by atoms with E-state index in [-0.39, 0.29) is 18.3 Å². The van der Waals surface area contributed by atoms with Gasteiger partial charge in [0.2, 0.25) is 10.0 Å². The number of rotatable bonds is 11. The Morgan fingerprint density at radius 2 is 1.70 bits per heavy atom. The van der Waals surface area contributed by atoms with E-state index in [1.165, 1.54) is 16.4 Å². The molecule has 0 unspecified atom stereocenters. The zero-order chi connectivity index (χ0) is 22.1. The Hall–Kier alpha value is -2.41. The molecule has 0 aliphatic heterocycles. The van der Waals surface area contributed by atoms with Crippen molar-refractivity contribution in [2.24, 2.45) is 5.92 Å². The van der Waals surface area contributed by atoms with Gasteiger partial charge >= 0.3 is 0 Å². The van der Waals surface area contributed by atoms with E-state index in [2.05, 4.69) is 19.2 Å². The Morgan fingerprint density at radius 1 is 1.07 bits per heavy atom. The zero-order valence-corrected chi connectivity index (χ0v) is 18.7. The number of halogens is 1. The van der Waals surface area contributed by atoms with Crippen molar-refractivity contribution in [2.75, 3.05) is 17.1 Å². The van der Waals surface area contributed by atoms with Crippen LogP contribution in [0.5, 0.6) is 0 Å². The fraction of sp³-hybridized carbons (Fsp3) is 0.435. The molecule has 2 rings (SSSR count). The molecule has 7 heteroatoms. The van der Waals surface area contributed by atoms with Gasteiger partial charge in [-0.3, -0.25) is 9.10 Å². The molecule has 2 aromatic carbocycles. The van der Waals surface area contributed by atoms with E-state index in [4.69, 9.17) is 0 Å². The first-order valence-corrected chi connectivity index (χ1v) is 12.2. The molecule has 0 saturated heterocycles. The van der Waals surface area contributed by atoms with Crippen LogP contribution >= 0.6 is 0 Å². The number of anilines is 1. The molecule has 0 aromatic heterocycles. The van der Waals surface area contributed by atoms with Crippen LogP contribution < -0.4 is 9.62 Å². The molecule has 164 valence electrons. The lowest BCUT2D eigenvalue weighted by Gasteiger charge is -2.23. The van der Waals surface area contributed by atoms with Crippen LogP contribution in [0.4, 0.5) is 10.1 Å². The number of unbranched alkanes of at least 4 members (excludes halogenated alkanes) is 1. The molecule has 1 N–H and O–H groups in total. The van der Waals surface area contributed by atoms with Crippen molar-refractivity contribution in [3.05, 3.63) is 65.5 Å². The predicted octanol–water partition coefficient (Wildman–Crippen LogP) is 4.74. The third kappa shape index (κ3) is 7.13. The van der Waals surface area contributed by atoms with Crippen molar-refractivity contribution in [3.8, 4) is 0 Å². The Kier molecular flexibility index (Phi) is 8.84. The van der Waals surface area contributed by atoms with Crippen molar-refractivity contribution in [3.63, 3.8) is 0 Å².